The summed E-state index contributed by atoms with van der Waals surface area (Å²) in [5.41, 5.74) is 0. The Morgan fingerprint density at radius 1 is 0.282 bits per heavy atom. The van der Waals surface area contributed by atoms with E-state index >= 15 is 0 Å². The monoisotopic (exact) mass is 736 g/mol. The normalized spacial score (nSPS) is 10.3. The predicted molar refractivity (Wildman–Crippen MR) is 174 cm³/mol. The molecule has 6 aromatic rings. The molecular formula is C36H30GeSeSn. The Balaban J connectivity index is 0.000000176. The third-order valence-electron chi connectivity index (χ3n) is 6.37. The van der Waals surface area contributed by atoms with Crippen LogP contribution in [0.2, 0.25) is 0 Å². The van der Waals surface area contributed by atoms with Crippen molar-refractivity contribution < 1.29 is 0 Å². The van der Waals surface area contributed by atoms with Gasteiger partial charge in [-0.05, 0) is 0 Å². The quantitative estimate of drug-likeness (QED) is 0.227. The third kappa shape index (κ3) is 8.09. The van der Waals surface area contributed by atoms with E-state index in [4.69, 9.17) is 0 Å². The van der Waals surface area contributed by atoms with E-state index in [1.807, 2.05) is 0 Å². The van der Waals surface area contributed by atoms with Crippen molar-refractivity contribution in [2.24, 2.45) is 0 Å². The molecule has 0 saturated carbocycles. The minimum atomic E-state index is -1.98. The zero-order valence-corrected chi connectivity index (χ0v) is 28.4. The summed E-state index contributed by atoms with van der Waals surface area (Å²) < 4.78 is 9.09. The molecule has 39 heavy (non-hydrogen) atoms. The van der Waals surface area contributed by atoms with Crippen molar-refractivity contribution in [1.29, 1.82) is 0 Å². The van der Waals surface area contributed by atoms with Crippen LogP contribution < -0.4 is 23.9 Å². The average molecular weight is 733 g/mol. The van der Waals surface area contributed by atoms with Crippen LogP contribution in [0.1, 0.15) is 0 Å². The van der Waals surface area contributed by atoms with Gasteiger partial charge in [-0.2, -0.15) is 0 Å². The van der Waals surface area contributed by atoms with Crippen LogP contribution in [0.25, 0.3) is 0 Å². The predicted octanol–water partition coefficient (Wildman–Crippen LogP) is 4.02. The molecule has 0 N–H and O–H groups in total. The van der Waals surface area contributed by atoms with Gasteiger partial charge in [0.2, 0.25) is 0 Å². The summed E-state index contributed by atoms with van der Waals surface area (Å²) in [4.78, 5) is 0. The minimum absolute atomic E-state index is 0. The molecule has 0 unspecified atom stereocenters. The molecule has 6 rings (SSSR count). The SMILES string of the molecule is [Se].c1cc[c]([Ge]([c]2ccccc2)[c]2ccccc2)cc1.c1cc[c]([Sn]([c]2ccccc2)[c]2ccccc2)cc1. The first-order valence-electron chi connectivity index (χ1n) is 13.0. The topological polar surface area (TPSA) is 0 Å². The van der Waals surface area contributed by atoms with Gasteiger partial charge in [-0.1, -0.05) is 0 Å². The van der Waals surface area contributed by atoms with Crippen molar-refractivity contribution in [3.8, 4) is 0 Å². The Morgan fingerprint density at radius 3 is 0.718 bits per heavy atom. The molecule has 0 amide bonds. The van der Waals surface area contributed by atoms with Gasteiger partial charge in [0.15, 0.2) is 0 Å². The van der Waals surface area contributed by atoms with Gasteiger partial charge >= 0.3 is 240 Å². The van der Waals surface area contributed by atoms with Crippen molar-refractivity contribution in [3.05, 3.63) is 182 Å². The molecule has 0 aliphatic heterocycles. The molecule has 0 aromatic heterocycles. The molecule has 6 aromatic carbocycles. The van der Waals surface area contributed by atoms with E-state index in [1.54, 1.807) is 0 Å². The molecule has 0 aliphatic rings. The molecular weight excluding hydrogens is 703 g/mol. The van der Waals surface area contributed by atoms with E-state index in [1.165, 1.54) is 23.9 Å². The number of hydrogen-bond acceptors (Lipinski definition) is 0. The zero-order valence-electron chi connectivity index (χ0n) is 21.7. The summed E-state index contributed by atoms with van der Waals surface area (Å²) in [5, 5.41) is 0. The first-order valence-corrected chi connectivity index (χ1v) is 20.4. The molecule has 0 fully saturated rings. The Bertz CT molecular complexity index is 1170. The maximum atomic E-state index is 2.29. The fourth-order valence-corrected chi connectivity index (χ4v) is 17.4. The Kier molecular flexibility index (Phi) is 11.7. The van der Waals surface area contributed by atoms with Crippen molar-refractivity contribution >= 4 is 75.1 Å². The van der Waals surface area contributed by atoms with Gasteiger partial charge < -0.3 is 0 Å². The van der Waals surface area contributed by atoms with Crippen molar-refractivity contribution in [2.75, 3.05) is 0 Å². The molecule has 0 bridgehead atoms. The molecule has 4 radical (unpaired) electrons. The molecule has 188 valence electrons. The molecule has 0 saturated heterocycles. The Labute approximate surface area is 255 Å². The van der Waals surface area contributed by atoms with Gasteiger partial charge in [0, 0.05) is 17.1 Å². The zero-order chi connectivity index (χ0) is 25.8. The van der Waals surface area contributed by atoms with E-state index in [9.17, 15) is 0 Å². The summed E-state index contributed by atoms with van der Waals surface area (Å²) in [7, 11) is 0. The van der Waals surface area contributed by atoms with Gasteiger partial charge in [-0.25, -0.2) is 0 Å². The van der Waals surface area contributed by atoms with Crippen molar-refractivity contribution in [3.63, 3.8) is 0 Å². The molecule has 0 spiro atoms. The first kappa shape index (κ1) is 29.2. The third-order valence-corrected chi connectivity index (χ3v) is 19.9. The second-order valence-corrected chi connectivity index (χ2v) is 21.2. The summed E-state index contributed by atoms with van der Waals surface area (Å²) in [6, 6.07) is 65.7. The van der Waals surface area contributed by atoms with Crippen LogP contribution in [0.4, 0.5) is 0 Å². The fraction of sp³-hybridized carbons (Fsp3) is 0. The van der Waals surface area contributed by atoms with Crippen LogP contribution >= 0.6 is 0 Å². The van der Waals surface area contributed by atoms with Crippen molar-refractivity contribution in [2.45, 2.75) is 0 Å². The van der Waals surface area contributed by atoms with Gasteiger partial charge in [0.05, 0.1) is 0 Å². The molecule has 0 nitrogen and oxygen atoms in total. The summed E-state index contributed by atoms with van der Waals surface area (Å²) >= 11 is -3.61. The molecule has 0 aliphatic carbocycles. The summed E-state index contributed by atoms with van der Waals surface area (Å²) in [6.45, 7) is 0. The molecule has 0 heterocycles. The van der Waals surface area contributed by atoms with E-state index in [0.29, 0.717) is 0 Å². The van der Waals surface area contributed by atoms with Crippen LogP contribution in [-0.4, -0.2) is 51.2 Å². The summed E-state index contributed by atoms with van der Waals surface area (Å²) in [6.07, 6.45) is 0. The van der Waals surface area contributed by atoms with Gasteiger partial charge in [0.25, 0.3) is 0 Å². The van der Waals surface area contributed by atoms with E-state index in [2.05, 4.69) is 182 Å². The standard InChI is InChI=1S/C18H15Ge.3C6H5.Se.Sn/c1-4-10-16(11-5-1)19(17-12-6-2-7-13-17)18-14-8-3-9-15-18;3*1-2-4-6-5-3-1;;/h1-15H;3*1-5H;;. The second-order valence-electron chi connectivity index (χ2n) is 8.95. The Morgan fingerprint density at radius 2 is 0.487 bits per heavy atom. The van der Waals surface area contributed by atoms with Crippen LogP contribution in [0, 0.1) is 0 Å². The van der Waals surface area contributed by atoms with Gasteiger partial charge in [0.1, 0.15) is 0 Å². The van der Waals surface area contributed by atoms with E-state index in [-0.39, 0.29) is 17.1 Å². The molecule has 3 heteroatoms. The number of benzene rings is 6. The van der Waals surface area contributed by atoms with Crippen LogP contribution in [-0.2, 0) is 0 Å². The van der Waals surface area contributed by atoms with Crippen LogP contribution in [0.5, 0.6) is 0 Å². The first-order chi connectivity index (χ1) is 18.9. The number of hydrogen-bond donors (Lipinski definition) is 0. The number of rotatable bonds is 6. The van der Waals surface area contributed by atoms with Crippen molar-refractivity contribution in [1.82, 2.24) is 0 Å². The average Bonchev–Trinajstić information content (AvgIpc) is 3.01. The molecule has 0 atom stereocenters. The van der Waals surface area contributed by atoms with E-state index in [0.717, 1.165) is 0 Å². The summed E-state index contributed by atoms with van der Waals surface area (Å²) in [5.74, 6) is 0. The van der Waals surface area contributed by atoms with Gasteiger partial charge in [-0.15, -0.1) is 0 Å². The van der Waals surface area contributed by atoms with Crippen LogP contribution in [0.15, 0.2) is 182 Å². The maximum absolute atomic E-state index is 2.29. The van der Waals surface area contributed by atoms with Crippen LogP contribution in [0.3, 0.4) is 0 Å². The van der Waals surface area contributed by atoms with E-state index < -0.39 is 34.1 Å². The van der Waals surface area contributed by atoms with Gasteiger partial charge in [-0.3, -0.25) is 0 Å². The Hall–Kier alpha value is -2.82. The fourth-order valence-electron chi connectivity index (χ4n) is 4.63. The second kappa shape index (κ2) is 15.7.